The largest absolute Gasteiger partial charge is 0.465 e. The molecular formula is C11H15NO3S. The van der Waals surface area contributed by atoms with E-state index in [1.165, 1.54) is 18.9 Å². The van der Waals surface area contributed by atoms with Crippen molar-refractivity contribution in [2.45, 2.75) is 30.2 Å². The highest BCUT2D eigenvalue weighted by atomic mass is 32.2. The Balaban J connectivity index is 2.78. The Kier molecular flexibility index (Phi) is 4.76. The lowest BCUT2D eigenvalue weighted by Crippen LogP contribution is -2.15. The molecule has 2 unspecified atom stereocenters. The number of hydrogen-bond acceptors (Lipinski definition) is 5. The van der Waals surface area contributed by atoms with Crippen molar-refractivity contribution in [2.75, 3.05) is 7.11 Å². The number of aromatic nitrogens is 1. The number of methoxy groups -OCH3 is 1. The first-order valence-corrected chi connectivity index (χ1v) is 5.81. The van der Waals surface area contributed by atoms with Crippen LogP contribution in [0.5, 0.6) is 0 Å². The molecule has 0 fully saturated rings. The van der Waals surface area contributed by atoms with Crippen molar-refractivity contribution >= 4 is 17.7 Å². The number of hydrogen-bond donors (Lipinski definition) is 1. The first kappa shape index (κ1) is 13.0. The van der Waals surface area contributed by atoms with Crippen molar-refractivity contribution in [3.8, 4) is 0 Å². The van der Waals surface area contributed by atoms with Crippen LogP contribution in [0.4, 0.5) is 0 Å². The molecule has 0 aliphatic rings. The molecule has 0 aliphatic carbocycles. The van der Waals surface area contributed by atoms with Gasteiger partial charge in [0.2, 0.25) is 0 Å². The van der Waals surface area contributed by atoms with Gasteiger partial charge in [0.15, 0.2) is 0 Å². The molecule has 1 aromatic heterocycles. The average Bonchev–Trinajstić information content (AvgIpc) is 2.28. The van der Waals surface area contributed by atoms with Crippen LogP contribution in [0.15, 0.2) is 23.4 Å². The number of carbonyl (C=O) groups excluding carboxylic acids is 1. The number of pyridine rings is 1. The number of esters is 1. The van der Waals surface area contributed by atoms with Gasteiger partial charge in [-0.2, -0.15) is 0 Å². The second kappa shape index (κ2) is 5.86. The summed E-state index contributed by atoms with van der Waals surface area (Å²) in [6.07, 6.45) is 1.14. The Bertz CT molecular complexity index is 368. The van der Waals surface area contributed by atoms with Gasteiger partial charge >= 0.3 is 5.97 Å². The van der Waals surface area contributed by atoms with Crippen molar-refractivity contribution in [3.63, 3.8) is 0 Å². The number of aliphatic hydroxyl groups excluding tert-OH is 1. The minimum Gasteiger partial charge on any atom is -0.465 e. The summed E-state index contributed by atoms with van der Waals surface area (Å²) in [4.78, 5) is 15.4. The number of rotatable bonds is 4. The summed E-state index contributed by atoms with van der Waals surface area (Å²) in [6, 6.07) is 3.26. The lowest BCUT2D eigenvalue weighted by Gasteiger charge is -2.13. The smallest absolute Gasteiger partial charge is 0.337 e. The predicted octanol–water partition coefficient (Wildman–Crippen LogP) is 1.73. The molecule has 0 aromatic carbocycles. The first-order chi connectivity index (χ1) is 7.54. The van der Waals surface area contributed by atoms with E-state index in [1.807, 2.05) is 6.92 Å². The summed E-state index contributed by atoms with van der Waals surface area (Å²) in [7, 11) is 1.34. The molecule has 1 rings (SSSR count). The zero-order valence-corrected chi connectivity index (χ0v) is 10.3. The van der Waals surface area contributed by atoms with Gasteiger partial charge in [-0.3, -0.25) is 0 Å². The van der Waals surface area contributed by atoms with Crippen LogP contribution in [-0.4, -0.2) is 34.5 Å². The molecule has 0 saturated carbocycles. The Labute approximate surface area is 99.0 Å². The Morgan fingerprint density at radius 3 is 2.81 bits per heavy atom. The van der Waals surface area contributed by atoms with Crippen LogP contribution in [-0.2, 0) is 4.74 Å². The highest BCUT2D eigenvalue weighted by Crippen LogP contribution is 2.23. The molecular weight excluding hydrogens is 226 g/mol. The molecule has 88 valence electrons. The van der Waals surface area contributed by atoms with E-state index in [0.29, 0.717) is 10.6 Å². The van der Waals surface area contributed by atoms with E-state index in [0.717, 1.165) is 0 Å². The maximum atomic E-state index is 11.3. The second-order valence-electron chi connectivity index (χ2n) is 3.44. The van der Waals surface area contributed by atoms with Gasteiger partial charge in [-0.05, 0) is 19.1 Å². The topological polar surface area (TPSA) is 59.4 Å². The second-order valence-corrected chi connectivity index (χ2v) is 4.84. The summed E-state index contributed by atoms with van der Waals surface area (Å²) in [5.74, 6) is -0.381. The van der Waals surface area contributed by atoms with Gasteiger partial charge in [-0.1, -0.05) is 6.92 Å². The number of nitrogens with zero attached hydrogens (tertiary/aromatic N) is 1. The van der Waals surface area contributed by atoms with Crippen LogP contribution < -0.4 is 0 Å². The molecule has 5 heteroatoms. The van der Waals surface area contributed by atoms with Gasteiger partial charge in [0.25, 0.3) is 0 Å². The van der Waals surface area contributed by atoms with E-state index in [9.17, 15) is 9.90 Å². The zero-order chi connectivity index (χ0) is 12.1. The zero-order valence-electron chi connectivity index (χ0n) is 9.51. The number of carbonyl (C=O) groups is 1. The minimum absolute atomic E-state index is 0.0281. The average molecular weight is 241 g/mol. The van der Waals surface area contributed by atoms with Crippen LogP contribution in [0.3, 0.4) is 0 Å². The molecule has 0 aliphatic heterocycles. The number of ether oxygens (including phenoxy) is 1. The van der Waals surface area contributed by atoms with Gasteiger partial charge in [0.1, 0.15) is 0 Å². The van der Waals surface area contributed by atoms with Crippen LogP contribution in [0.1, 0.15) is 24.2 Å². The van der Waals surface area contributed by atoms with E-state index in [4.69, 9.17) is 0 Å². The predicted molar refractivity (Wildman–Crippen MR) is 62.6 cm³/mol. The van der Waals surface area contributed by atoms with Crippen LogP contribution in [0.2, 0.25) is 0 Å². The quantitative estimate of drug-likeness (QED) is 0.642. The molecule has 0 radical (unpaired) electrons. The highest BCUT2D eigenvalue weighted by Gasteiger charge is 2.13. The standard InChI is InChI=1S/C11H15NO3S/c1-7(13)8(2)16-10-6-9(4-5-12-10)11(14)15-3/h4-8,13H,1-3H3. The van der Waals surface area contributed by atoms with Crippen LogP contribution in [0.25, 0.3) is 0 Å². The summed E-state index contributed by atoms with van der Waals surface area (Å²) >= 11 is 1.42. The molecule has 0 spiro atoms. The molecule has 1 heterocycles. The van der Waals surface area contributed by atoms with Gasteiger partial charge in [0, 0.05) is 11.4 Å². The summed E-state index contributed by atoms with van der Waals surface area (Å²) in [5, 5.41) is 10.1. The lowest BCUT2D eigenvalue weighted by atomic mass is 10.3. The van der Waals surface area contributed by atoms with Crippen molar-refractivity contribution in [2.24, 2.45) is 0 Å². The normalized spacial score (nSPS) is 14.2. The lowest BCUT2D eigenvalue weighted by molar-refractivity contribution is 0.0600. The molecule has 2 atom stereocenters. The van der Waals surface area contributed by atoms with Gasteiger partial charge in [-0.25, -0.2) is 9.78 Å². The molecule has 0 saturated heterocycles. The van der Waals surface area contributed by atoms with Gasteiger partial charge < -0.3 is 9.84 Å². The third-order valence-electron chi connectivity index (χ3n) is 2.14. The monoisotopic (exact) mass is 241 g/mol. The minimum atomic E-state index is -0.423. The number of thioether (sulfide) groups is 1. The Morgan fingerprint density at radius 2 is 2.25 bits per heavy atom. The molecule has 0 bridgehead atoms. The fourth-order valence-electron chi connectivity index (χ4n) is 1.01. The summed E-state index contributed by atoms with van der Waals surface area (Å²) in [5.41, 5.74) is 0.470. The maximum Gasteiger partial charge on any atom is 0.337 e. The third-order valence-corrected chi connectivity index (χ3v) is 3.37. The Hall–Kier alpha value is -1.07. The molecule has 16 heavy (non-hydrogen) atoms. The third kappa shape index (κ3) is 3.50. The van der Waals surface area contributed by atoms with E-state index < -0.39 is 6.10 Å². The first-order valence-electron chi connectivity index (χ1n) is 4.93. The van der Waals surface area contributed by atoms with Crippen LogP contribution in [0, 0.1) is 0 Å². The van der Waals surface area contributed by atoms with E-state index >= 15 is 0 Å². The Morgan fingerprint density at radius 1 is 1.56 bits per heavy atom. The molecule has 0 amide bonds. The van der Waals surface area contributed by atoms with Gasteiger partial charge in [-0.15, -0.1) is 11.8 Å². The van der Waals surface area contributed by atoms with E-state index in [-0.39, 0.29) is 11.2 Å². The SMILES string of the molecule is COC(=O)c1ccnc(SC(C)C(C)O)c1. The van der Waals surface area contributed by atoms with Gasteiger partial charge in [0.05, 0.1) is 23.8 Å². The van der Waals surface area contributed by atoms with Crippen LogP contribution >= 0.6 is 11.8 Å². The molecule has 1 N–H and O–H groups in total. The van der Waals surface area contributed by atoms with Crippen molar-refractivity contribution in [1.82, 2.24) is 4.98 Å². The summed E-state index contributed by atoms with van der Waals surface area (Å²) in [6.45, 7) is 3.63. The fourth-order valence-corrected chi connectivity index (χ4v) is 1.90. The molecule has 1 aromatic rings. The number of aliphatic hydroxyl groups is 1. The van der Waals surface area contributed by atoms with Crippen molar-refractivity contribution in [3.05, 3.63) is 23.9 Å². The summed E-state index contributed by atoms with van der Waals surface area (Å²) < 4.78 is 4.62. The molecule has 4 nitrogen and oxygen atoms in total. The van der Waals surface area contributed by atoms with Crippen molar-refractivity contribution in [1.29, 1.82) is 0 Å². The maximum absolute atomic E-state index is 11.3. The van der Waals surface area contributed by atoms with E-state index in [1.54, 1.807) is 25.3 Å². The fraction of sp³-hybridized carbons (Fsp3) is 0.455. The van der Waals surface area contributed by atoms with E-state index in [2.05, 4.69) is 9.72 Å². The highest BCUT2D eigenvalue weighted by molar-refractivity contribution is 7.99. The van der Waals surface area contributed by atoms with Crippen molar-refractivity contribution < 1.29 is 14.6 Å².